The SMILES string of the molecule is CCS(=O)(=O)N1CCN(CC(=O)N2N=C(c3cccs3)CC2c2ccco2)CC1. The number of amides is 1. The maximum Gasteiger partial charge on any atom is 0.257 e. The first-order chi connectivity index (χ1) is 14.0. The molecule has 10 heteroatoms. The number of rotatable bonds is 6. The molecule has 0 aliphatic carbocycles. The Bertz CT molecular complexity index is 962. The summed E-state index contributed by atoms with van der Waals surface area (Å²) in [4.78, 5) is 16.1. The van der Waals surface area contributed by atoms with E-state index < -0.39 is 10.0 Å². The topological polar surface area (TPSA) is 86.4 Å². The van der Waals surface area contributed by atoms with Gasteiger partial charge in [-0.05, 0) is 30.5 Å². The van der Waals surface area contributed by atoms with Crippen molar-refractivity contribution in [3.63, 3.8) is 0 Å². The van der Waals surface area contributed by atoms with E-state index in [9.17, 15) is 13.2 Å². The Hall–Kier alpha value is -2.01. The van der Waals surface area contributed by atoms with E-state index in [2.05, 4.69) is 5.10 Å². The Balaban J connectivity index is 1.45. The van der Waals surface area contributed by atoms with Gasteiger partial charge in [-0.2, -0.15) is 9.41 Å². The molecule has 1 fully saturated rings. The number of furan rings is 1. The lowest BCUT2D eigenvalue weighted by atomic mass is 10.1. The Morgan fingerprint density at radius 3 is 2.66 bits per heavy atom. The molecule has 4 rings (SSSR count). The second-order valence-corrected chi connectivity index (χ2v) is 10.3. The van der Waals surface area contributed by atoms with Crippen LogP contribution in [0, 0.1) is 0 Å². The number of thiophene rings is 1. The predicted octanol–water partition coefficient (Wildman–Crippen LogP) is 1.99. The highest BCUT2D eigenvalue weighted by atomic mass is 32.2. The van der Waals surface area contributed by atoms with Crippen molar-refractivity contribution in [1.29, 1.82) is 0 Å². The van der Waals surface area contributed by atoms with Crippen molar-refractivity contribution in [2.45, 2.75) is 19.4 Å². The molecule has 2 aromatic heterocycles. The van der Waals surface area contributed by atoms with Crippen LogP contribution in [0.25, 0.3) is 0 Å². The second kappa shape index (κ2) is 8.39. The van der Waals surface area contributed by atoms with E-state index in [0.717, 1.165) is 10.6 Å². The van der Waals surface area contributed by atoms with Gasteiger partial charge in [-0.15, -0.1) is 11.3 Å². The highest BCUT2D eigenvalue weighted by molar-refractivity contribution is 7.89. The minimum atomic E-state index is -3.18. The Morgan fingerprint density at radius 2 is 2.03 bits per heavy atom. The van der Waals surface area contributed by atoms with Crippen LogP contribution in [-0.2, 0) is 14.8 Å². The van der Waals surface area contributed by atoms with Crippen molar-refractivity contribution in [3.05, 3.63) is 46.5 Å². The summed E-state index contributed by atoms with van der Waals surface area (Å²) in [6, 6.07) is 7.40. The molecule has 2 aliphatic rings. The fourth-order valence-corrected chi connectivity index (χ4v) is 5.45. The molecule has 1 atom stereocenters. The van der Waals surface area contributed by atoms with Crippen LogP contribution in [0.2, 0.25) is 0 Å². The fourth-order valence-electron chi connectivity index (χ4n) is 3.65. The minimum Gasteiger partial charge on any atom is -0.467 e. The van der Waals surface area contributed by atoms with Crippen LogP contribution in [0.3, 0.4) is 0 Å². The molecule has 0 N–H and O–H groups in total. The highest BCUT2D eigenvalue weighted by Gasteiger charge is 2.36. The second-order valence-electron chi connectivity index (χ2n) is 7.07. The van der Waals surface area contributed by atoms with E-state index in [1.54, 1.807) is 24.5 Å². The first-order valence-electron chi connectivity index (χ1n) is 9.65. The smallest absolute Gasteiger partial charge is 0.257 e. The molecule has 0 radical (unpaired) electrons. The fraction of sp³-hybridized carbons (Fsp3) is 0.474. The third-order valence-electron chi connectivity index (χ3n) is 5.29. The van der Waals surface area contributed by atoms with Crippen LogP contribution in [-0.4, -0.2) is 72.7 Å². The maximum atomic E-state index is 13.1. The molecule has 8 nitrogen and oxygen atoms in total. The zero-order valence-electron chi connectivity index (χ0n) is 16.2. The minimum absolute atomic E-state index is 0.102. The number of hydrogen-bond donors (Lipinski definition) is 0. The zero-order valence-corrected chi connectivity index (χ0v) is 17.9. The van der Waals surface area contributed by atoms with Crippen molar-refractivity contribution in [3.8, 4) is 0 Å². The van der Waals surface area contributed by atoms with Gasteiger partial charge in [0.2, 0.25) is 10.0 Å². The van der Waals surface area contributed by atoms with Crippen LogP contribution in [0.5, 0.6) is 0 Å². The summed E-state index contributed by atoms with van der Waals surface area (Å²) in [5.41, 5.74) is 0.883. The quantitative estimate of drug-likeness (QED) is 0.691. The molecular weight excluding hydrogens is 412 g/mol. The van der Waals surface area contributed by atoms with Crippen molar-refractivity contribution in [2.24, 2.45) is 5.10 Å². The van der Waals surface area contributed by atoms with Crippen molar-refractivity contribution in [1.82, 2.24) is 14.2 Å². The first kappa shape index (κ1) is 20.3. The zero-order chi connectivity index (χ0) is 20.4. The maximum absolute atomic E-state index is 13.1. The molecule has 2 aliphatic heterocycles. The van der Waals surface area contributed by atoms with Gasteiger partial charge in [0.15, 0.2) is 0 Å². The van der Waals surface area contributed by atoms with E-state index in [1.807, 2.05) is 34.5 Å². The predicted molar refractivity (Wildman–Crippen MR) is 111 cm³/mol. The van der Waals surface area contributed by atoms with Gasteiger partial charge in [-0.25, -0.2) is 13.4 Å². The molecule has 0 aromatic carbocycles. The largest absolute Gasteiger partial charge is 0.467 e. The van der Waals surface area contributed by atoms with Crippen molar-refractivity contribution in [2.75, 3.05) is 38.5 Å². The third kappa shape index (κ3) is 4.30. The summed E-state index contributed by atoms with van der Waals surface area (Å²) in [7, 11) is -3.18. The lowest BCUT2D eigenvalue weighted by Crippen LogP contribution is -2.51. The molecule has 1 amide bonds. The molecule has 4 heterocycles. The van der Waals surface area contributed by atoms with Crippen molar-refractivity contribution < 1.29 is 17.6 Å². The van der Waals surface area contributed by atoms with Gasteiger partial charge in [0, 0.05) is 32.6 Å². The molecule has 0 saturated carbocycles. The summed E-state index contributed by atoms with van der Waals surface area (Å²) in [5, 5.41) is 8.14. The average Bonchev–Trinajstić information content (AvgIpc) is 3.49. The Labute approximate surface area is 174 Å². The molecule has 29 heavy (non-hydrogen) atoms. The van der Waals surface area contributed by atoms with Crippen LogP contribution in [0.4, 0.5) is 0 Å². The van der Waals surface area contributed by atoms with Gasteiger partial charge in [-0.1, -0.05) is 6.07 Å². The average molecular weight is 437 g/mol. The van der Waals surface area contributed by atoms with E-state index in [-0.39, 0.29) is 24.2 Å². The third-order valence-corrected chi connectivity index (χ3v) is 8.09. The lowest BCUT2D eigenvalue weighted by Gasteiger charge is -2.34. The Kier molecular flexibility index (Phi) is 5.86. The molecule has 156 valence electrons. The summed E-state index contributed by atoms with van der Waals surface area (Å²) in [6.45, 7) is 3.75. The number of piperazine rings is 1. The van der Waals surface area contributed by atoms with Gasteiger partial charge in [-0.3, -0.25) is 9.69 Å². The van der Waals surface area contributed by atoms with E-state index in [0.29, 0.717) is 38.4 Å². The number of nitrogens with zero attached hydrogens (tertiary/aromatic N) is 4. The summed E-state index contributed by atoms with van der Waals surface area (Å²) in [6.07, 6.45) is 2.22. The number of hydrazone groups is 1. The number of sulfonamides is 1. The van der Waals surface area contributed by atoms with Gasteiger partial charge in [0.25, 0.3) is 5.91 Å². The van der Waals surface area contributed by atoms with E-state index in [1.165, 1.54) is 9.31 Å². The van der Waals surface area contributed by atoms with Crippen LogP contribution >= 0.6 is 11.3 Å². The van der Waals surface area contributed by atoms with E-state index in [4.69, 9.17) is 4.42 Å². The molecule has 0 spiro atoms. The first-order valence-corrected chi connectivity index (χ1v) is 12.1. The lowest BCUT2D eigenvalue weighted by molar-refractivity contribution is -0.134. The van der Waals surface area contributed by atoms with Crippen molar-refractivity contribution >= 4 is 33.0 Å². The van der Waals surface area contributed by atoms with Gasteiger partial charge in [0.1, 0.15) is 11.8 Å². The number of hydrogen-bond acceptors (Lipinski definition) is 7. The molecule has 0 bridgehead atoms. The summed E-state index contributed by atoms with van der Waals surface area (Å²) >= 11 is 1.60. The Morgan fingerprint density at radius 1 is 1.24 bits per heavy atom. The van der Waals surface area contributed by atoms with Crippen LogP contribution in [0.15, 0.2) is 45.4 Å². The molecule has 2 aromatic rings. The monoisotopic (exact) mass is 436 g/mol. The van der Waals surface area contributed by atoms with E-state index >= 15 is 0 Å². The number of carbonyl (C=O) groups is 1. The van der Waals surface area contributed by atoms with Gasteiger partial charge in [0.05, 0.1) is 29.1 Å². The highest BCUT2D eigenvalue weighted by Crippen LogP contribution is 2.34. The standard InChI is InChI=1S/C19H24N4O4S2/c1-2-29(25,26)22-9-7-21(8-10-22)14-19(24)23-16(17-5-3-11-27-17)13-15(20-23)18-6-4-12-28-18/h3-6,11-12,16H,2,7-10,13-14H2,1H3. The van der Waals surface area contributed by atoms with Crippen LogP contribution in [0.1, 0.15) is 30.0 Å². The van der Waals surface area contributed by atoms with Gasteiger partial charge >= 0.3 is 0 Å². The number of carbonyl (C=O) groups excluding carboxylic acids is 1. The molecule has 1 unspecified atom stereocenters. The molecule has 1 saturated heterocycles. The molecular formula is C19H24N4O4S2. The van der Waals surface area contributed by atoms with Gasteiger partial charge < -0.3 is 4.42 Å². The normalized spacial score (nSPS) is 21.5. The summed E-state index contributed by atoms with van der Waals surface area (Å²) in [5.74, 6) is 0.711. The van der Waals surface area contributed by atoms with Crippen LogP contribution < -0.4 is 0 Å². The summed E-state index contributed by atoms with van der Waals surface area (Å²) < 4.78 is 31.1.